The zero-order valence-electron chi connectivity index (χ0n) is 12.9. The molecule has 2 atom stereocenters. The third-order valence-corrected chi connectivity index (χ3v) is 8.29. The predicted molar refractivity (Wildman–Crippen MR) is 87.9 cm³/mol. The van der Waals surface area contributed by atoms with Gasteiger partial charge in [-0.2, -0.15) is 0 Å². The summed E-state index contributed by atoms with van der Waals surface area (Å²) in [6.45, 7) is 15.0. The molecule has 0 aliphatic heterocycles. The van der Waals surface area contributed by atoms with Crippen LogP contribution in [0, 0.1) is 5.41 Å². The lowest BCUT2D eigenvalue weighted by atomic mass is 10.0. The molecule has 18 heavy (non-hydrogen) atoms. The highest BCUT2D eigenvalue weighted by atomic mass is 32.9. The Morgan fingerprint density at radius 1 is 1.06 bits per heavy atom. The molecule has 110 valence electrons. The second-order valence-electron chi connectivity index (χ2n) is 5.93. The highest BCUT2D eigenvalue weighted by Crippen LogP contribution is 2.64. The van der Waals surface area contributed by atoms with Crippen LogP contribution in [0.25, 0.3) is 0 Å². The van der Waals surface area contributed by atoms with E-state index < -0.39 is 5.69 Å². The minimum atomic E-state index is -2.21. The molecule has 0 spiro atoms. The lowest BCUT2D eigenvalue weighted by Crippen LogP contribution is -2.13. The van der Waals surface area contributed by atoms with Crippen LogP contribution < -0.4 is 0 Å². The third-order valence-electron chi connectivity index (χ3n) is 2.42. The van der Waals surface area contributed by atoms with Gasteiger partial charge in [0.2, 0.25) is 5.69 Å². The van der Waals surface area contributed by atoms with Crippen LogP contribution in [0.2, 0.25) is 0 Å². The quantitative estimate of drug-likeness (QED) is 0.541. The van der Waals surface area contributed by atoms with E-state index in [1.54, 1.807) is 11.4 Å². The summed E-state index contributed by atoms with van der Waals surface area (Å²) in [4.78, 5) is 0. The maximum Gasteiger partial charge on any atom is 0.247 e. The van der Waals surface area contributed by atoms with Gasteiger partial charge in [-0.15, -0.1) is 0 Å². The molecular formula is C13H29O2PS2. The summed E-state index contributed by atoms with van der Waals surface area (Å²) >= 11 is 7.38. The van der Waals surface area contributed by atoms with Crippen molar-refractivity contribution in [3.05, 3.63) is 0 Å². The molecule has 5 heteroatoms. The Hall–Kier alpha value is 0.920. The van der Waals surface area contributed by atoms with E-state index in [2.05, 4.69) is 48.5 Å². The Labute approximate surface area is 123 Å². The first kappa shape index (κ1) is 18.9. The van der Waals surface area contributed by atoms with Crippen LogP contribution in [-0.4, -0.2) is 18.0 Å². The smallest absolute Gasteiger partial charge is 0.247 e. The van der Waals surface area contributed by atoms with Crippen molar-refractivity contribution >= 4 is 28.9 Å². The van der Waals surface area contributed by atoms with Crippen molar-refractivity contribution < 1.29 is 9.05 Å². The number of hydrogen-bond donors (Lipinski definition) is 0. The highest BCUT2D eigenvalue weighted by molar-refractivity contribution is 8.67. The summed E-state index contributed by atoms with van der Waals surface area (Å²) in [5.74, 6) is 0.969. The first-order chi connectivity index (χ1) is 8.12. The maximum atomic E-state index is 6.02. The second kappa shape index (κ2) is 8.26. The molecule has 0 aromatic rings. The molecule has 0 aromatic carbocycles. The molecule has 0 fully saturated rings. The molecule has 0 radical (unpaired) electrons. The molecule has 0 aromatic heterocycles. The largest absolute Gasteiger partial charge is 0.319 e. The summed E-state index contributed by atoms with van der Waals surface area (Å²) in [6.07, 6.45) is 2.29. The van der Waals surface area contributed by atoms with Crippen molar-refractivity contribution in [2.75, 3.05) is 5.75 Å². The number of rotatable bonds is 8. The SMILES string of the molecule is CCC(C)OP(=S)(OC(C)CC)SCC(C)(C)C. The van der Waals surface area contributed by atoms with Crippen molar-refractivity contribution in [1.82, 2.24) is 0 Å². The van der Waals surface area contributed by atoms with E-state index in [0.717, 1.165) is 18.6 Å². The molecule has 0 saturated carbocycles. The molecule has 2 unspecified atom stereocenters. The fraction of sp³-hybridized carbons (Fsp3) is 1.00. The zero-order chi connectivity index (χ0) is 14.4. The summed E-state index contributed by atoms with van der Waals surface area (Å²) in [6, 6.07) is 0. The number of hydrogen-bond acceptors (Lipinski definition) is 4. The van der Waals surface area contributed by atoms with Gasteiger partial charge in [-0.25, -0.2) is 0 Å². The van der Waals surface area contributed by atoms with Gasteiger partial charge in [0.05, 0.1) is 12.2 Å². The van der Waals surface area contributed by atoms with Crippen molar-refractivity contribution in [3.8, 4) is 0 Å². The molecule has 0 bridgehead atoms. The Kier molecular flexibility index (Phi) is 8.68. The molecule has 0 N–H and O–H groups in total. The fourth-order valence-electron chi connectivity index (χ4n) is 0.948. The minimum absolute atomic E-state index is 0.173. The Morgan fingerprint density at radius 3 is 1.72 bits per heavy atom. The maximum absolute atomic E-state index is 6.02. The topological polar surface area (TPSA) is 18.5 Å². The Bertz CT molecular complexity index is 261. The first-order valence-corrected chi connectivity index (χ1v) is 11.0. The van der Waals surface area contributed by atoms with E-state index in [4.69, 9.17) is 20.9 Å². The van der Waals surface area contributed by atoms with Crippen molar-refractivity contribution in [2.24, 2.45) is 5.41 Å². The van der Waals surface area contributed by atoms with E-state index in [1.807, 2.05) is 0 Å². The summed E-state index contributed by atoms with van der Waals surface area (Å²) in [5.41, 5.74) is -1.97. The van der Waals surface area contributed by atoms with Crippen molar-refractivity contribution in [1.29, 1.82) is 0 Å². The van der Waals surface area contributed by atoms with E-state index in [-0.39, 0.29) is 17.6 Å². The second-order valence-corrected chi connectivity index (χ2v) is 12.1. The summed E-state index contributed by atoms with van der Waals surface area (Å²) in [7, 11) is 0. The van der Waals surface area contributed by atoms with Gasteiger partial charge < -0.3 is 9.05 Å². The predicted octanol–water partition coefficient (Wildman–Crippen LogP) is 5.62. The molecule has 0 amide bonds. The lowest BCUT2D eigenvalue weighted by molar-refractivity contribution is 0.163. The lowest BCUT2D eigenvalue weighted by Gasteiger charge is -2.29. The van der Waals surface area contributed by atoms with Crippen LogP contribution in [0.1, 0.15) is 61.3 Å². The molecule has 0 aliphatic rings. The standard InChI is InChI=1S/C13H29O2PS2/c1-8-11(3)14-16(17,15-12(4)9-2)18-10-13(5,6)7/h11-12H,8-10H2,1-7H3. The molecule has 0 heterocycles. The summed E-state index contributed by atoms with van der Waals surface area (Å²) in [5, 5.41) is 0. The van der Waals surface area contributed by atoms with Crippen molar-refractivity contribution in [3.63, 3.8) is 0 Å². The van der Waals surface area contributed by atoms with Gasteiger partial charge in [-0.3, -0.25) is 0 Å². The van der Waals surface area contributed by atoms with Gasteiger partial charge in [0.15, 0.2) is 0 Å². The van der Waals surface area contributed by atoms with Crippen molar-refractivity contribution in [2.45, 2.75) is 73.5 Å². The van der Waals surface area contributed by atoms with E-state index in [1.165, 1.54) is 0 Å². The van der Waals surface area contributed by atoms with Gasteiger partial charge >= 0.3 is 0 Å². The van der Waals surface area contributed by atoms with Crippen LogP contribution in [0.15, 0.2) is 0 Å². The molecular weight excluding hydrogens is 283 g/mol. The zero-order valence-corrected chi connectivity index (χ0v) is 15.4. The van der Waals surface area contributed by atoms with E-state index in [0.29, 0.717) is 0 Å². The summed E-state index contributed by atoms with van der Waals surface area (Å²) < 4.78 is 12.0. The van der Waals surface area contributed by atoms with Crippen LogP contribution in [0.4, 0.5) is 0 Å². The van der Waals surface area contributed by atoms with Crippen LogP contribution in [0.3, 0.4) is 0 Å². The average Bonchev–Trinajstić information content (AvgIpc) is 2.25. The highest BCUT2D eigenvalue weighted by Gasteiger charge is 2.27. The van der Waals surface area contributed by atoms with Crippen LogP contribution in [0.5, 0.6) is 0 Å². The Morgan fingerprint density at radius 2 is 1.44 bits per heavy atom. The average molecular weight is 312 g/mol. The van der Waals surface area contributed by atoms with Gasteiger partial charge in [-0.1, -0.05) is 46.0 Å². The van der Waals surface area contributed by atoms with Gasteiger partial charge in [0.25, 0.3) is 0 Å². The van der Waals surface area contributed by atoms with Crippen LogP contribution in [-0.2, 0) is 20.9 Å². The molecule has 0 rings (SSSR count). The van der Waals surface area contributed by atoms with Gasteiger partial charge in [0.1, 0.15) is 0 Å². The van der Waals surface area contributed by atoms with Crippen LogP contribution >= 0.6 is 17.1 Å². The fourth-order valence-corrected chi connectivity index (χ4v) is 7.08. The van der Waals surface area contributed by atoms with Gasteiger partial charge in [-0.05, 0) is 43.9 Å². The van der Waals surface area contributed by atoms with E-state index in [9.17, 15) is 0 Å². The third kappa shape index (κ3) is 8.92. The van der Waals surface area contributed by atoms with E-state index >= 15 is 0 Å². The molecule has 0 aliphatic carbocycles. The first-order valence-electron chi connectivity index (χ1n) is 6.73. The molecule has 0 saturated heterocycles. The minimum Gasteiger partial charge on any atom is -0.319 e. The molecule has 2 nitrogen and oxygen atoms in total. The van der Waals surface area contributed by atoms with Gasteiger partial charge in [0, 0.05) is 5.75 Å². The normalized spacial score (nSPS) is 19.3. The monoisotopic (exact) mass is 312 g/mol. The Balaban J connectivity index is 4.64.